The molecule has 0 spiro atoms. The van der Waals surface area contributed by atoms with E-state index in [1.807, 2.05) is 12.5 Å². The highest BCUT2D eigenvalue weighted by Crippen LogP contribution is 2.29. The number of benzene rings is 1. The van der Waals surface area contributed by atoms with Gasteiger partial charge >= 0.3 is 0 Å². The van der Waals surface area contributed by atoms with Crippen molar-refractivity contribution >= 4 is 9.84 Å². The van der Waals surface area contributed by atoms with Crippen LogP contribution in [0.5, 0.6) is 0 Å². The summed E-state index contributed by atoms with van der Waals surface area (Å²) in [7, 11) is -3.21. The van der Waals surface area contributed by atoms with E-state index in [4.69, 9.17) is 4.52 Å². The van der Waals surface area contributed by atoms with Crippen molar-refractivity contribution in [2.24, 2.45) is 0 Å². The molecule has 3 aromatic rings. The molecular formula is C16H16N4O3S. The van der Waals surface area contributed by atoms with Crippen molar-refractivity contribution in [3.05, 3.63) is 48.4 Å². The third-order valence-corrected chi connectivity index (χ3v) is 5.43. The van der Waals surface area contributed by atoms with Gasteiger partial charge < -0.3 is 9.09 Å². The highest BCUT2D eigenvalue weighted by Gasteiger charge is 2.25. The van der Waals surface area contributed by atoms with E-state index in [1.165, 1.54) is 11.9 Å². The van der Waals surface area contributed by atoms with Crippen molar-refractivity contribution in [1.82, 2.24) is 19.7 Å². The molecule has 4 rings (SSSR count). The first-order valence-corrected chi connectivity index (χ1v) is 9.53. The predicted octanol–water partition coefficient (Wildman–Crippen LogP) is 2.07. The second kappa shape index (κ2) is 5.55. The van der Waals surface area contributed by atoms with Crippen LogP contribution < -0.4 is 0 Å². The maximum Gasteiger partial charge on any atom is 0.230 e. The van der Waals surface area contributed by atoms with Crippen LogP contribution >= 0.6 is 0 Å². The number of nitrogens with zero attached hydrogens (tertiary/aromatic N) is 4. The Labute approximate surface area is 139 Å². The number of rotatable bonds is 3. The van der Waals surface area contributed by atoms with Crippen molar-refractivity contribution in [1.29, 1.82) is 0 Å². The molecule has 0 bridgehead atoms. The highest BCUT2D eigenvalue weighted by molar-refractivity contribution is 7.90. The molecule has 3 heterocycles. The van der Waals surface area contributed by atoms with E-state index in [0.29, 0.717) is 11.7 Å². The Morgan fingerprint density at radius 3 is 2.79 bits per heavy atom. The number of aromatic nitrogens is 4. The molecule has 2 aromatic heterocycles. The Kier molecular flexibility index (Phi) is 3.49. The molecule has 24 heavy (non-hydrogen) atoms. The van der Waals surface area contributed by atoms with E-state index >= 15 is 0 Å². The standard InChI is InChI=1S/C16H16N4O3S/c1-24(21,22)14-4-2-11(3-5-14)15-18-16(23-19-15)12-6-7-20-10-17-9-13(20)8-12/h2-5,9-10,12H,6-8H2,1H3. The molecule has 0 saturated carbocycles. The zero-order valence-corrected chi connectivity index (χ0v) is 13.9. The fourth-order valence-corrected chi connectivity index (χ4v) is 3.58. The van der Waals surface area contributed by atoms with Crippen LogP contribution in [-0.4, -0.2) is 34.4 Å². The van der Waals surface area contributed by atoms with Gasteiger partial charge in [-0.15, -0.1) is 0 Å². The van der Waals surface area contributed by atoms with Gasteiger partial charge in [-0.05, 0) is 30.7 Å². The fraction of sp³-hybridized carbons (Fsp3) is 0.312. The number of hydrogen-bond acceptors (Lipinski definition) is 6. The molecule has 0 amide bonds. The minimum atomic E-state index is -3.21. The summed E-state index contributed by atoms with van der Waals surface area (Å²) in [6.07, 6.45) is 6.65. The third-order valence-electron chi connectivity index (χ3n) is 4.30. The summed E-state index contributed by atoms with van der Waals surface area (Å²) in [4.78, 5) is 8.93. The van der Waals surface area contributed by atoms with Crippen LogP contribution in [0.15, 0.2) is 46.2 Å². The van der Waals surface area contributed by atoms with Crippen molar-refractivity contribution in [2.45, 2.75) is 30.2 Å². The van der Waals surface area contributed by atoms with Gasteiger partial charge in [-0.2, -0.15) is 4.98 Å². The largest absolute Gasteiger partial charge is 0.339 e. The second-order valence-corrected chi connectivity index (χ2v) is 8.04. The Morgan fingerprint density at radius 1 is 1.25 bits per heavy atom. The van der Waals surface area contributed by atoms with Gasteiger partial charge in [-0.25, -0.2) is 13.4 Å². The number of imidazole rings is 1. The summed E-state index contributed by atoms with van der Waals surface area (Å²) in [6.45, 7) is 0.890. The SMILES string of the molecule is CS(=O)(=O)c1ccc(-c2noc(C3CCn4cncc4C3)n2)cc1. The lowest BCUT2D eigenvalue weighted by molar-refractivity contribution is 0.325. The lowest BCUT2D eigenvalue weighted by Crippen LogP contribution is -2.17. The van der Waals surface area contributed by atoms with E-state index in [1.54, 1.807) is 24.3 Å². The molecule has 0 N–H and O–H groups in total. The molecule has 0 fully saturated rings. The topological polar surface area (TPSA) is 90.9 Å². The lowest BCUT2D eigenvalue weighted by atomic mass is 9.96. The summed E-state index contributed by atoms with van der Waals surface area (Å²) in [5.41, 5.74) is 1.90. The summed E-state index contributed by atoms with van der Waals surface area (Å²) in [5.74, 6) is 1.28. The van der Waals surface area contributed by atoms with E-state index in [-0.39, 0.29) is 10.8 Å². The molecule has 8 heteroatoms. The summed E-state index contributed by atoms with van der Waals surface area (Å²) in [6, 6.07) is 6.50. The molecule has 0 aliphatic carbocycles. The summed E-state index contributed by atoms with van der Waals surface area (Å²) >= 11 is 0. The van der Waals surface area contributed by atoms with Gasteiger partial charge in [-0.1, -0.05) is 5.16 Å². The van der Waals surface area contributed by atoms with E-state index in [0.717, 1.165) is 24.9 Å². The molecule has 1 aliphatic rings. The first kappa shape index (κ1) is 15.1. The normalized spacial score (nSPS) is 17.6. The van der Waals surface area contributed by atoms with Crippen molar-refractivity contribution < 1.29 is 12.9 Å². The van der Waals surface area contributed by atoms with Crippen LogP contribution in [0.25, 0.3) is 11.4 Å². The van der Waals surface area contributed by atoms with Gasteiger partial charge in [0.1, 0.15) is 0 Å². The maximum absolute atomic E-state index is 11.5. The molecule has 1 unspecified atom stereocenters. The van der Waals surface area contributed by atoms with Crippen LogP contribution in [-0.2, 0) is 22.8 Å². The van der Waals surface area contributed by atoms with Gasteiger partial charge in [0.25, 0.3) is 0 Å². The lowest BCUT2D eigenvalue weighted by Gasteiger charge is -2.20. The molecule has 7 nitrogen and oxygen atoms in total. The highest BCUT2D eigenvalue weighted by atomic mass is 32.2. The van der Waals surface area contributed by atoms with E-state index < -0.39 is 9.84 Å². The number of sulfone groups is 1. The van der Waals surface area contributed by atoms with Crippen LogP contribution in [0.3, 0.4) is 0 Å². The number of aryl methyl sites for hydroxylation is 1. The Morgan fingerprint density at radius 2 is 2.04 bits per heavy atom. The van der Waals surface area contributed by atoms with Crippen LogP contribution in [0.4, 0.5) is 0 Å². The van der Waals surface area contributed by atoms with Gasteiger partial charge in [0.2, 0.25) is 11.7 Å². The zero-order valence-electron chi connectivity index (χ0n) is 13.1. The summed E-state index contributed by atoms with van der Waals surface area (Å²) < 4.78 is 30.6. The van der Waals surface area contributed by atoms with Gasteiger partial charge in [-0.3, -0.25) is 0 Å². The van der Waals surface area contributed by atoms with Crippen molar-refractivity contribution in [3.63, 3.8) is 0 Å². The third kappa shape index (κ3) is 2.73. The van der Waals surface area contributed by atoms with Crippen LogP contribution in [0, 0.1) is 0 Å². The van der Waals surface area contributed by atoms with Crippen molar-refractivity contribution in [3.8, 4) is 11.4 Å². The first-order valence-electron chi connectivity index (χ1n) is 7.64. The zero-order chi connectivity index (χ0) is 16.7. The monoisotopic (exact) mass is 344 g/mol. The first-order chi connectivity index (χ1) is 11.5. The molecule has 0 saturated heterocycles. The van der Waals surface area contributed by atoms with Crippen LogP contribution in [0.1, 0.15) is 23.9 Å². The average molecular weight is 344 g/mol. The van der Waals surface area contributed by atoms with Crippen molar-refractivity contribution in [2.75, 3.05) is 6.26 Å². The van der Waals surface area contributed by atoms with E-state index in [9.17, 15) is 8.42 Å². The van der Waals surface area contributed by atoms with Gasteiger partial charge in [0.05, 0.1) is 11.2 Å². The average Bonchev–Trinajstić information content (AvgIpc) is 3.22. The predicted molar refractivity (Wildman–Crippen MR) is 86.1 cm³/mol. The Bertz CT molecular complexity index is 973. The van der Waals surface area contributed by atoms with E-state index in [2.05, 4.69) is 19.7 Å². The molecule has 124 valence electrons. The van der Waals surface area contributed by atoms with Gasteiger partial charge in [0.15, 0.2) is 9.84 Å². The molecular weight excluding hydrogens is 328 g/mol. The molecule has 1 atom stereocenters. The minimum Gasteiger partial charge on any atom is -0.339 e. The molecule has 0 radical (unpaired) electrons. The van der Waals surface area contributed by atoms with Crippen LogP contribution in [0.2, 0.25) is 0 Å². The molecule has 1 aromatic carbocycles. The maximum atomic E-state index is 11.5. The minimum absolute atomic E-state index is 0.186. The quantitative estimate of drug-likeness (QED) is 0.722. The Hall–Kier alpha value is -2.48. The summed E-state index contributed by atoms with van der Waals surface area (Å²) in [5, 5.41) is 4.04. The number of fused-ring (bicyclic) bond motifs is 1. The fourth-order valence-electron chi connectivity index (χ4n) is 2.95. The molecule has 1 aliphatic heterocycles. The Balaban J connectivity index is 1.57. The second-order valence-electron chi connectivity index (χ2n) is 6.02. The van der Waals surface area contributed by atoms with Gasteiger partial charge in [0, 0.05) is 42.6 Å². The number of hydrogen-bond donors (Lipinski definition) is 0. The smallest absolute Gasteiger partial charge is 0.230 e.